The molecule has 6 nitrogen and oxygen atoms in total. The van der Waals surface area contributed by atoms with Crippen molar-refractivity contribution in [1.29, 1.82) is 0 Å². The zero-order valence-corrected chi connectivity index (χ0v) is 12.9. The second-order valence-electron chi connectivity index (χ2n) is 5.23. The van der Waals surface area contributed by atoms with E-state index in [2.05, 4.69) is 15.6 Å². The second-order valence-corrected chi connectivity index (χ2v) is 5.23. The van der Waals surface area contributed by atoms with Gasteiger partial charge >= 0.3 is 0 Å². The van der Waals surface area contributed by atoms with Crippen molar-refractivity contribution >= 4 is 5.91 Å². The van der Waals surface area contributed by atoms with E-state index in [-0.39, 0.29) is 12.1 Å². The van der Waals surface area contributed by atoms with E-state index in [9.17, 15) is 18.7 Å². The van der Waals surface area contributed by atoms with Gasteiger partial charge in [0.2, 0.25) is 0 Å². The summed E-state index contributed by atoms with van der Waals surface area (Å²) in [6.45, 7) is -0.345. The van der Waals surface area contributed by atoms with Crippen molar-refractivity contribution in [2.24, 2.45) is 0 Å². The minimum Gasteiger partial charge on any atom is -0.386 e. The maximum atomic E-state index is 13.7. The third kappa shape index (κ3) is 3.53. The molecule has 8 heteroatoms. The topological polar surface area (TPSA) is 80.0 Å². The monoisotopic (exact) mass is 344 g/mol. The molecule has 128 valence electrons. The van der Waals surface area contributed by atoms with Gasteiger partial charge in [0.25, 0.3) is 5.91 Å². The highest BCUT2D eigenvalue weighted by atomic mass is 19.1. The Kier molecular flexibility index (Phi) is 4.80. The van der Waals surface area contributed by atoms with E-state index in [4.69, 9.17) is 0 Å². The first kappa shape index (κ1) is 16.7. The standard InChI is InChI=1S/C17H14F2N4O2/c18-12-5-3-6-13(19)16(12)15(24)10-20-17(25)11-4-1-2-7-14(11)23-9-8-21-22-23/h1-9,15,24H,10H2,(H,20,25). The predicted octanol–water partition coefficient (Wildman–Crippen LogP) is 2.01. The van der Waals surface area contributed by atoms with E-state index in [1.807, 2.05) is 0 Å². The van der Waals surface area contributed by atoms with Crippen LogP contribution in [-0.2, 0) is 0 Å². The molecule has 2 aromatic carbocycles. The first-order chi connectivity index (χ1) is 12.1. The van der Waals surface area contributed by atoms with Crippen LogP contribution in [0.1, 0.15) is 22.0 Å². The molecule has 0 saturated carbocycles. The average molecular weight is 344 g/mol. The number of aliphatic hydroxyl groups is 1. The van der Waals surface area contributed by atoms with E-state index in [1.54, 1.807) is 30.5 Å². The Hall–Kier alpha value is -3.13. The Morgan fingerprint density at radius 2 is 1.88 bits per heavy atom. The molecule has 0 fully saturated rings. The number of benzene rings is 2. The van der Waals surface area contributed by atoms with Crippen LogP contribution in [0.4, 0.5) is 8.78 Å². The molecule has 0 radical (unpaired) electrons. The van der Waals surface area contributed by atoms with E-state index >= 15 is 0 Å². The van der Waals surface area contributed by atoms with Gasteiger partial charge in [-0.2, -0.15) is 0 Å². The normalized spacial score (nSPS) is 12.0. The number of para-hydroxylation sites is 1. The molecule has 1 aromatic heterocycles. The molecule has 0 bridgehead atoms. The van der Waals surface area contributed by atoms with E-state index in [0.717, 1.165) is 12.1 Å². The van der Waals surface area contributed by atoms with Gasteiger partial charge in [-0.25, -0.2) is 13.5 Å². The molecule has 3 rings (SSSR count). The summed E-state index contributed by atoms with van der Waals surface area (Å²) in [7, 11) is 0. The van der Waals surface area contributed by atoms with Gasteiger partial charge in [0, 0.05) is 6.54 Å². The molecule has 1 unspecified atom stereocenters. The quantitative estimate of drug-likeness (QED) is 0.742. The Balaban J connectivity index is 1.76. The third-order valence-electron chi connectivity index (χ3n) is 3.61. The van der Waals surface area contributed by atoms with Crippen molar-refractivity contribution in [3.05, 3.63) is 77.6 Å². The summed E-state index contributed by atoms with van der Waals surface area (Å²) in [4.78, 5) is 12.4. The molecular weight excluding hydrogens is 330 g/mol. The number of hydrogen-bond acceptors (Lipinski definition) is 4. The largest absolute Gasteiger partial charge is 0.386 e. The van der Waals surface area contributed by atoms with Crippen LogP contribution >= 0.6 is 0 Å². The zero-order chi connectivity index (χ0) is 17.8. The predicted molar refractivity (Wildman–Crippen MR) is 85.0 cm³/mol. The van der Waals surface area contributed by atoms with Crippen molar-refractivity contribution in [1.82, 2.24) is 20.3 Å². The first-order valence-electron chi connectivity index (χ1n) is 7.44. The highest BCUT2D eigenvalue weighted by Gasteiger charge is 2.20. The second kappa shape index (κ2) is 7.18. The summed E-state index contributed by atoms with van der Waals surface area (Å²) < 4.78 is 28.8. The highest BCUT2D eigenvalue weighted by Crippen LogP contribution is 2.20. The van der Waals surface area contributed by atoms with Gasteiger partial charge in [-0.15, -0.1) is 5.10 Å². The maximum absolute atomic E-state index is 13.7. The lowest BCUT2D eigenvalue weighted by Gasteiger charge is -2.15. The van der Waals surface area contributed by atoms with Crippen molar-refractivity contribution < 1.29 is 18.7 Å². The van der Waals surface area contributed by atoms with Gasteiger partial charge in [0.1, 0.15) is 17.7 Å². The van der Waals surface area contributed by atoms with Gasteiger partial charge in [0.05, 0.1) is 29.2 Å². The van der Waals surface area contributed by atoms with E-state index < -0.39 is 29.2 Å². The SMILES string of the molecule is O=C(NCC(O)c1c(F)cccc1F)c1ccccc1-n1ccnn1. The number of halogens is 2. The summed E-state index contributed by atoms with van der Waals surface area (Å²) in [5, 5.41) is 20.0. The molecule has 1 amide bonds. The Labute approximate surface area is 141 Å². The number of carbonyl (C=O) groups excluding carboxylic acids is 1. The smallest absolute Gasteiger partial charge is 0.253 e. The number of amides is 1. The molecule has 1 atom stereocenters. The van der Waals surface area contributed by atoms with Crippen molar-refractivity contribution in [2.75, 3.05) is 6.54 Å². The maximum Gasteiger partial charge on any atom is 0.253 e. The van der Waals surface area contributed by atoms with Crippen LogP contribution in [-0.4, -0.2) is 32.6 Å². The number of aromatic nitrogens is 3. The lowest BCUT2D eigenvalue weighted by molar-refractivity contribution is 0.0911. The van der Waals surface area contributed by atoms with Crippen molar-refractivity contribution in [3.8, 4) is 5.69 Å². The first-order valence-corrected chi connectivity index (χ1v) is 7.44. The van der Waals surface area contributed by atoms with Gasteiger partial charge in [-0.05, 0) is 24.3 Å². The Morgan fingerprint density at radius 3 is 2.56 bits per heavy atom. The van der Waals surface area contributed by atoms with Crippen LogP contribution in [0.5, 0.6) is 0 Å². The number of nitrogens with one attached hydrogen (secondary N) is 1. The summed E-state index contributed by atoms with van der Waals surface area (Å²) in [6.07, 6.45) is 1.54. The fourth-order valence-electron chi connectivity index (χ4n) is 2.42. The average Bonchev–Trinajstić information content (AvgIpc) is 3.14. The van der Waals surface area contributed by atoms with Crippen LogP contribution in [0.2, 0.25) is 0 Å². The van der Waals surface area contributed by atoms with Crippen LogP contribution in [0.15, 0.2) is 54.9 Å². The molecule has 3 aromatic rings. The molecule has 0 spiro atoms. The molecule has 25 heavy (non-hydrogen) atoms. The van der Waals surface area contributed by atoms with Crippen LogP contribution in [0.3, 0.4) is 0 Å². The zero-order valence-electron chi connectivity index (χ0n) is 12.9. The van der Waals surface area contributed by atoms with Crippen LogP contribution in [0.25, 0.3) is 5.69 Å². The molecular formula is C17H14F2N4O2. The molecule has 1 heterocycles. The number of aliphatic hydroxyl groups excluding tert-OH is 1. The summed E-state index contributed by atoms with van der Waals surface area (Å²) >= 11 is 0. The van der Waals surface area contributed by atoms with Crippen LogP contribution < -0.4 is 5.32 Å². The number of nitrogens with zero attached hydrogens (tertiary/aromatic N) is 3. The summed E-state index contributed by atoms with van der Waals surface area (Å²) in [5.74, 6) is -2.25. The van der Waals surface area contributed by atoms with E-state index in [0.29, 0.717) is 5.69 Å². The lowest BCUT2D eigenvalue weighted by atomic mass is 10.1. The Bertz CT molecular complexity index is 864. The number of carbonyl (C=O) groups is 1. The molecule has 0 aliphatic carbocycles. The molecule has 0 saturated heterocycles. The fourth-order valence-corrected chi connectivity index (χ4v) is 2.42. The molecule has 0 aliphatic heterocycles. The third-order valence-corrected chi connectivity index (χ3v) is 3.61. The van der Waals surface area contributed by atoms with Crippen molar-refractivity contribution in [2.45, 2.75) is 6.10 Å². The molecule has 2 N–H and O–H groups in total. The number of rotatable bonds is 5. The molecule has 0 aliphatic rings. The van der Waals surface area contributed by atoms with Gasteiger partial charge in [-0.1, -0.05) is 23.4 Å². The lowest BCUT2D eigenvalue weighted by Crippen LogP contribution is -2.30. The van der Waals surface area contributed by atoms with Gasteiger partial charge in [-0.3, -0.25) is 4.79 Å². The van der Waals surface area contributed by atoms with Crippen molar-refractivity contribution in [3.63, 3.8) is 0 Å². The van der Waals surface area contributed by atoms with Crippen LogP contribution in [0, 0.1) is 11.6 Å². The summed E-state index contributed by atoms with van der Waals surface area (Å²) in [6, 6.07) is 9.94. The number of hydrogen-bond donors (Lipinski definition) is 2. The Morgan fingerprint density at radius 1 is 1.16 bits per heavy atom. The highest BCUT2D eigenvalue weighted by molar-refractivity contribution is 5.97. The minimum absolute atomic E-state index is 0.286. The van der Waals surface area contributed by atoms with Gasteiger partial charge < -0.3 is 10.4 Å². The van der Waals surface area contributed by atoms with Gasteiger partial charge in [0.15, 0.2) is 0 Å². The fraction of sp³-hybridized carbons (Fsp3) is 0.118. The summed E-state index contributed by atoms with van der Waals surface area (Å²) in [5.41, 5.74) is 0.297. The van der Waals surface area contributed by atoms with E-state index in [1.165, 1.54) is 16.9 Å². The minimum atomic E-state index is -1.51.